The normalized spacial score (nSPS) is 24.1. The summed E-state index contributed by atoms with van der Waals surface area (Å²) in [5.74, 6) is 1.06. The van der Waals surface area contributed by atoms with E-state index in [1.807, 2.05) is 18.3 Å². The predicted molar refractivity (Wildman–Crippen MR) is 113 cm³/mol. The van der Waals surface area contributed by atoms with Crippen LogP contribution in [0, 0.1) is 6.92 Å². The Balaban J connectivity index is 1.31. The number of aromatic nitrogens is 1. The third-order valence-electron chi connectivity index (χ3n) is 5.21. The van der Waals surface area contributed by atoms with Gasteiger partial charge >= 0.3 is 0 Å². The Morgan fingerprint density at radius 2 is 2.04 bits per heavy atom. The van der Waals surface area contributed by atoms with Crippen LogP contribution in [0.3, 0.4) is 0 Å². The number of hydrogen-bond acceptors (Lipinski definition) is 5. The van der Waals surface area contributed by atoms with Crippen molar-refractivity contribution in [2.45, 2.75) is 56.1 Å². The van der Waals surface area contributed by atoms with E-state index in [4.69, 9.17) is 4.74 Å². The summed E-state index contributed by atoms with van der Waals surface area (Å²) in [5, 5.41) is 3.03. The zero-order chi connectivity index (χ0) is 19.7. The molecule has 2 aliphatic rings. The Morgan fingerprint density at radius 3 is 2.75 bits per heavy atom. The van der Waals surface area contributed by atoms with Gasteiger partial charge < -0.3 is 15.0 Å². The Kier molecular flexibility index (Phi) is 5.60. The van der Waals surface area contributed by atoms with Gasteiger partial charge in [0, 0.05) is 30.7 Å². The zero-order valence-electron chi connectivity index (χ0n) is 16.6. The van der Waals surface area contributed by atoms with E-state index in [-0.39, 0.29) is 23.4 Å². The van der Waals surface area contributed by atoms with Crippen LogP contribution in [0.15, 0.2) is 41.4 Å². The number of morpholine rings is 1. The van der Waals surface area contributed by atoms with Gasteiger partial charge in [0.25, 0.3) is 0 Å². The van der Waals surface area contributed by atoms with Crippen LogP contribution < -0.4 is 10.2 Å². The highest BCUT2D eigenvalue weighted by atomic mass is 32.2. The molecule has 1 N–H and O–H groups in total. The number of hydrogen-bond donors (Lipinski definition) is 1. The van der Waals surface area contributed by atoms with Gasteiger partial charge in [0.15, 0.2) is 0 Å². The molecular weight excluding hydrogens is 370 g/mol. The van der Waals surface area contributed by atoms with Crippen LogP contribution >= 0.6 is 11.8 Å². The number of anilines is 1. The number of nitrogens with one attached hydrogen (secondary N) is 1. The van der Waals surface area contributed by atoms with Crippen molar-refractivity contribution in [3.05, 3.63) is 53.2 Å². The molecule has 2 aromatic rings. The molecule has 6 heteroatoms. The quantitative estimate of drug-likeness (QED) is 0.858. The van der Waals surface area contributed by atoms with Gasteiger partial charge in [0.05, 0.1) is 17.5 Å². The molecule has 0 unspecified atom stereocenters. The van der Waals surface area contributed by atoms with Crippen molar-refractivity contribution in [1.82, 2.24) is 10.3 Å². The Labute approximate surface area is 170 Å². The summed E-state index contributed by atoms with van der Waals surface area (Å²) in [6, 6.07) is 10.5. The summed E-state index contributed by atoms with van der Waals surface area (Å²) in [7, 11) is 0. The number of ether oxygens (including phenoxy) is 1. The number of aryl methyl sites for hydroxylation is 1. The monoisotopic (exact) mass is 397 g/mol. The maximum absolute atomic E-state index is 12.6. The summed E-state index contributed by atoms with van der Waals surface area (Å²) < 4.78 is 5.79. The molecule has 5 nitrogen and oxygen atoms in total. The van der Waals surface area contributed by atoms with Gasteiger partial charge in [0.2, 0.25) is 5.91 Å². The molecule has 3 heterocycles. The third-order valence-corrected chi connectivity index (χ3v) is 6.51. The Bertz CT molecular complexity index is 845. The number of carbonyl (C=O) groups excluding carboxylic acids is 1. The highest BCUT2D eigenvalue weighted by molar-refractivity contribution is 8.01. The molecular formula is C22H27N3O2S. The van der Waals surface area contributed by atoms with Crippen LogP contribution in [-0.4, -0.2) is 41.4 Å². The molecule has 0 radical (unpaired) electrons. The Morgan fingerprint density at radius 1 is 1.25 bits per heavy atom. The number of nitrogens with zero attached hydrogens (tertiary/aromatic N) is 2. The minimum Gasteiger partial charge on any atom is -0.372 e. The lowest BCUT2D eigenvalue weighted by Gasteiger charge is -2.36. The first kappa shape index (κ1) is 19.3. The molecule has 0 bridgehead atoms. The SMILES string of the molecule is Cc1ccc2c(c1)S[C@H](C(=O)NCc1ccc(N3C[C@@H](C)O[C@H](C)C3)nc1)C2. The molecule has 3 atom stereocenters. The molecule has 28 heavy (non-hydrogen) atoms. The van der Waals surface area contributed by atoms with Crippen molar-refractivity contribution in [3.63, 3.8) is 0 Å². The lowest BCUT2D eigenvalue weighted by molar-refractivity contribution is -0.120. The van der Waals surface area contributed by atoms with Gasteiger partial charge in [-0.2, -0.15) is 0 Å². The highest BCUT2D eigenvalue weighted by Gasteiger charge is 2.28. The van der Waals surface area contributed by atoms with Crippen LogP contribution in [0.25, 0.3) is 0 Å². The van der Waals surface area contributed by atoms with Crippen LogP contribution in [0.4, 0.5) is 5.82 Å². The second-order valence-corrected chi connectivity index (χ2v) is 9.07. The van der Waals surface area contributed by atoms with E-state index in [1.165, 1.54) is 16.0 Å². The fraction of sp³-hybridized carbons (Fsp3) is 0.455. The third kappa shape index (κ3) is 4.33. The van der Waals surface area contributed by atoms with Crippen molar-refractivity contribution in [2.75, 3.05) is 18.0 Å². The smallest absolute Gasteiger partial charge is 0.234 e. The number of benzene rings is 1. The number of fused-ring (bicyclic) bond motifs is 1. The maximum Gasteiger partial charge on any atom is 0.234 e. The molecule has 148 valence electrons. The second-order valence-electron chi connectivity index (χ2n) is 7.83. The van der Waals surface area contributed by atoms with Gasteiger partial charge in [-0.05, 0) is 50.5 Å². The summed E-state index contributed by atoms with van der Waals surface area (Å²) in [6.07, 6.45) is 3.08. The van der Waals surface area contributed by atoms with Crippen molar-refractivity contribution >= 4 is 23.5 Å². The van der Waals surface area contributed by atoms with E-state index < -0.39 is 0 Å². The lowest BCUT2D eigenvalue weighted by Crippen LogP contribution is -2.45. The standard InChI is InChI=1S/C22H27N3O2S/c1-14-4-6-18-9-20(28-19(18)8-14)22(26)24-11-17-5-7-21(23-10-17)25-12-15(2)27-16(3)13-25/h4-8,10,15-16,20H,9,11-13H2,1-3H3,(H,24,26)/t15-,16-,20+/m1/s1. The lowest BCUT2D eigenvalue weighted by atomic mass is 10.1. The fourth-order valence-corrected chi connectivity index (χ4v) is 5.17. The molecule has 0 aliphatic carbocycles. The predicted octanol–water partition coefficient (Wildman–Crippen LogP) is 3.34. The van der Waals surface area contributed by atoms with Crippen molar-refractivity contribution < 1.29 is 9.53 Å². The minimum absolute atomic E-state index is 0.0413. The molecule has 2 aliphatic heterocycles. The number of carbonyl (C=O) groups is 1. The van der Waals surface area contributed by atoms with Crippen LogP contribution in [0.1, 0.15) is 30.5 Å². The van der Waals surface area contributed by atoms with Gasteiger partial charge in [-0.3, -0.25) is 4.79 Å². The molecule has 4 rings (SSSR count). The van der Waals surface area contributed by atoms with Gasteiger partial charge in [-0.1, -0.05) is 23.8 Å². The zero-order valence-corrected chi connectivity index (χ0v) is 17.5. The van der Waals surface area contributed by atoms with Crippen LogP contribution in [-0.2, 0) is 22.5 Å². The molecule has 1 amide bonds. The largest absolute Gasteiger partial charge is 0.372 e. The fourth-order valence-electron chi connectivity index (χ4n) is 3.86. The number of pyridine rings is 1. The average Bonchev–Trinajstić information content (AvgIpc) is 3.09. The topological polar surface area (TPSA) is 54.5 Å². The number of rotatable bonds is 4. The van der Waals surface area contributed by atoms with E-state index >= 15 is 0 Å². The first-order valence-corrected chi connectivity index (χ1v) is 10.7. The van der Waals surface area contributed by atoms with Gasteiger partial charge in [-0.15, -0.1) is 11.8 Å². The summed E-state index contributed by atoms with van der Waals surface area (Å²) >= 11 is 1.67. The Hall–Kier alpha value is -2.05. The maximum atomic E-state index is 12.6. The average molecular weight is 398 g/mol. The molecule has 1 saturated heterocycles. The van der Waals surface area contributed by atoms with Gasteiger partial charge in [-0.25, -0.2) is 4.98 Å². The first-order valence-electron chi connectivity index (χ1n) is 9.87. The number of thioether (sulfide) groups is 1. The second kappa shape index (κ2) is 8.13. The van der Waals surface area contributed by atoms with Crippen molar-refractivity contribution in [2.24, 2.45) is 0 Å². The highest BCUT2D eigenvalue weighted by Crippen LogP contribution is 2.37. The van der Waals surface area contributed by atoms with Crippen molar-refractivity contribution in [1.29, 1.82) is 0 Å². The molecule has 1 fully saturated rings. The van der Waals surface area contributed by atoms with Crippen molar-refractivity contribution in [3.8, 4) is 0 Å². The van der Waals surface area contributed by atoms with Crippen LogP contribution in [0.5, 0.6) is 0 Å². The molecule has 1 aromatic carbocycles. The van der Waals surface area contributed by atoms with E-state index in [9.17, 15) is 4.79 Å². The summed E-state index contributed by atoms with van der Waals surface area (Å²) in [6.45, 7) is 8.48. The van der Waals surface area contributed by atoms with E-state index in [2.05, 4.69) is 54.2 Å². The minimum atomic E-state index is -0.0413. The summed E-state index contributed by atoms with van der Waals surface area (Å²) in [5.41, 5.74) is 3.53. The number of amides is 1. The molecule has 1 aromatic heterocycles. The summed E-state index contributed by atoms with van der Waals surface area (Å²) in [4.78, 5) is 20.7. The van der Waals surface area contributed by atoms with Gasteiger partial charge in [0.1, 0.15) is 5.82 Å². The molecule has 0 saturated carbocycles. The molecule has 0 spiro atoms. The first-order chi connectivity index (χ1) is 13.5. The van der Waals surface area contributed by atoms with Crippen LogP contribution in [0.2, 0.25) is 0 Å². The van der Waals surface area contributed by atoms with E-state index in [0.29, 0.717) is 6.54 Å². The van der Waals surface area contributed by atoms with E-state index in [1.54, 1.807) is 11.8 Å². The van der Waals surface area contributed by atoms with E-state index in [0.717, 1.165) is 30.9 Å².